The van der Waals surface area contributed by atoms with E-state index in [-0.39, 0.29) is 24.0 Å². The minimum Gasteiger partial charge on any atom is -0.352 e. The Labute approximate surface area is 114 Å². The summed E-state index contributed by atoms with van der Waals surface area (Å²) in [5.74, 6) is 0.0827. The highest BCUT2D eigenvalue weighted by Crippen LogP contribution is 2.18. The first-order valence-corrected chi connectivity index (χ1v) is 7.52. The second-order valence-corrected chi connectivity index (χ2v) is 5.80. The van der Waals surface area contributed by atoms with E-state index in [0.717, 1.165) is 12.8 Å². The maximum Gasteiger partial charge on any atom is 0.237 e. The van der Waals surface area contributed by atoms with E-state index in [9.17, 15) is 4.79 Å². The molecule has 3 unspecified atom stereocenters. The van der Waals surface area contributed by atoms with E-state index in [1.807, 2.05) is 13.0 Å². The van der Waals surface area contributed by atoms with Crippen LogP contribution in [0.5, 0.6) is 0 Å². The number of thiophene rings is 1. The molecule has 1 aromatic rings. The molecule has 1 aromatic heterocycles. The van der Waals surface area contributed by atoms with Crippen molar-refractivity contribution in [2.24, 2.45) is 0 Å². The Hall–Kier alpha value is -0.870. The quantitative estimate of drug-likeness (QED) is 0.798. The molecule has 0 aliphatic carbocycles. The van der Waals surface area contributed by atoms with Crippen molar-refractivity contribution in [1.82, 2.24) is 10.6 Å². The van der Waals surface area contributed by atoms with Crippen molar-refractivity contribution in [3.05, 3.63) is 22.4 Å². The number of hydrogen-bond acceptors (Lipinski definition) is 3. The first kappa shape index (κ1) is 15.2. The van der Waals surface area contributed by atoms with Gasteiger partial charge in [-0.2, -0.15) is 0 Å². The smallest absolute Gasteiger partial charge is 0.237 e. The largest absolute Gasteiger partial charge is 0.352 e. The van der Waals surface area contributed by atoms with Gasteiger partial charge in [0.2, 0.25) is 5.91 Å². The summed E-state index contributed by atoms with van der Waals surface area (Å²) < 4.78 is 0. The second-order valence-electron chi connectivity index (χ2n) is 4.82. The molecule has 2 N–H and O–H groups in total. The monoisotopic (exact) mass is 268 g/mol. The van der Waals surface area contributed by atoms with Gasteiger partial charge >= 0.3 is 0 Å². The van der Waals surface area contributed by atoms with Crippen molar-refractivity contribution in [3.8, 4) is 0 Å². The summed E-state index contributed by atoms with van der Waals surface area (Å²) in [5.41, 5.74) is 0. The lowest BCUT2D eigenvalue weighted by Gasteiger charge is -2.21. The average molecular weight is 268 g/mol. The zero-order valence-corrected chi connectivity index (χ0v) is 12.5. The fraction of sp³-hybridized carbons (Fsp3) is 0.643. The molecule has 3 atom stereocenters. The molecule has 0 spiro atoms. The number of carbonyl (C=O) groups is 1. The number of hydrogen-bond donors (Lipinski definition) is 2. The molecule has 1 rings (SSSR count). The van der Waals surface area contributed by atoms with Crippen LogP contribution >= 0.6 is 11.3 Å². The molecule has 0 radical (unpaired) electrons. The lowest BCUT2D eigenvalue weighted by Crippen LogP contribution is -2.46. The summed E-state index contributed by atoms with van der Waals surface area (Å²) >= 11 is 1.71. The molecule has 0 aromatic carbocycles. The third kappa shape index (κ3) is 4.78. The van der Waals surface area contributed by atoms with Crippen LogP contribution in [0.1, 0.15) is 51.5 Å². The number of carbonyl (C=O) groups excluding carboxylic acids is 1. The Morgan fingerprint density at radius 2 is 2.11 bits per heavy atom. The van der Waals surface area contributed by atoms with Gasteiger partial charge < -0.3 is 5.32 Å². The standard InChI is InChI=1S/C14H24N2OS/c1-5-7-10(2)15-14(17)12(4)16-11(3)13-8-6-9-18-13/h6,8-12,16H,5,7H2,1-4H3,(H,15,17). The van der Waals surface area contributed by atoms with E-state index in [0.29, 0.717) is 0 Å². The van der Waals surface area contributed by atoms with Crippen LogP contribution in [0.3, 0.4) is 0 Å². The molecule has 4 heteroatoms. The van der Waals surface area contributed by atoms with Crippen LogP contribution in [0.2, 0.25) is 0 Å². The zero-order chi connectivity index (χ0) is 13.5. The van der Waals surface area contributed by atoms with Gasteiger partial charge in [0.25, 0.3) is 0 Å². The van der Waals surface area contributed by atoms with Crippen molar-refractivity contribution >= 4 is 17.2 Å². The molecule has 18 heavy (non-hydrogen) atoms. The maximum absolute atomic E-state index is 12.0. The van der Waals surface area contributed by atoms with Gasteiger partial charge in [-0.05, 0) is 38.6 Å². The van der Waals surface area contributed by atoms with Crippen LogP contribution < -0.4 is 10.6 Å². The van der Waals surface area contributed by atoms with Crippen LogP contribution in [0.25, 0.3) is 0 Å². The molecule has 3 nitrogen and oxygen atoms in total. The van der Waals surface area contributed by atoms with Gasteiger partial charge in [0.1, 0.15) is 0 Å². The van der Waals surface area contributed by atoms with Gasteiger partial charge in [-0.25, -0.2) is 0 Å². The summed E-state index contributed by atoms with van der Waals surface area (Å²) in [4.78, 5) is 13.2. The SMILES string of the molecule is CCCC(C)NC(=O)C(C)NC(C)c1cccs1. The van der Waals surface area contributed by atoms with Gasteiger partial charge in [0.15, 0.2) is 0 Å². The van der Waals surface area contributed by atoms with Crippen LogP contribution in [-0.2, 0) is 4.79 Å². The van der Waals surface area contributed by atoms with Crippen LogP contribution in [0.15, 0.2) is 17.5 Å². The topological polar surface area (TPSA) is 41.1 Å². The van der Waals surface area contributed by atoms with Crippen molar-refractivity contribution in [2.75, 3.05) is 0 Å². The molecule has 102 valence electrons. The minimum absolute atomic E-state index is 0.0827. The fourth-order valence-electron chi connectivity index (χ4n) is 1.94. The number of nitrogens with one attached hydrogen (secondary N) is 2. The summed E-state index contributed by atoms with van der Waals surface area (Å²) in [7, 11) is 0. The predicted octanol–water partition coefficient (Wildman–Crippen LogP) is 3.09. The first-order valence-electron chi connectivity index (χ1n) is 6.64. The Kier molecular flexibility index (Phi) is 6.36. The molecule has 0 aliphatic heterocycles. The van der Waals surface area contributed by atoms with E-state index < -0.39 is 0 Å². The average Bonchev–Trinajstić information content (AvgIpc) is 2.82. The highest BCUT2D eigenvalue weighted by atomic mass is 32.1. The molecule has 1 heterocycles. The molecule has 0 saturated heterocycles. The third-order valence-corrected chi connectivity index (χ3v) is 4.03. The molecule has 0 bridgehead atoms. The lowest BCUT2D eigenvalue weighted by atomic mass is 10.1. The highest BCUT2D eigenvalue weighted by Gasteiger charge is 2.17. The lowest BCUT2D eigenvalue weighted by molar-refractivity contribution is -0.123. The van der Waals surface area contributed by atoms with Crippen LogP contribution in [-0.4, -0.2) is 18.0 Å². The van der Waals surface area contributed by atoms with Crippen LogP contribution in [0.4, 0.5) is 0 Å². The first-order chi connectivity index (χ1) is 8.54. The van der Waals surface area contributed by atoms with E-state index in [4.69, 9.17) is 0 Å². The Morgan fingerprint density at radius 1 is 1.39 bits per heavy atom. The second kappa shape index (κ2) is 7.54. The van der Waals surface area contributed by atoms with E-state index in [1.54, 1.807) is 11.3 Å². The van der Waals surface area contributed by atoms with E-state index >= 15 is 0 Å². The van der Waals surface area contributed by atoms with Crippen LogP contribution in [0, 0.1) is 0 Å². The summed E-state index contributed by atoms with van der Waals surface area (Å²) in [5, 5.41) is 8.42. The normalized spacial score (nSPS) is 16.0. The molecule has 0 aliphatic rings. The molecular weight excluding hydrogens is 244 g/mol. The van der Waals surface area contributed by atoms with E-state index in [1.165, 1.54) is 4.88 Å². The Bertz CT molecular complexity index is 351. The molecule has 0 fully saturated rings. The van der Waals surface area contributed by atoms with Gasteiger partial charge in [-0.15, -0.1) is 11.3 Å². The van der Waals surface area contributed by atoms with E-state index in [2.05, 4.69) is 42.9 Å². The van der Waals surface area contributed by atoms with Crippen molar-refractivity contribution in [3.63, 3.8) is 0 Å². The Balaban J connectivity index is 2.40. The van der Waals surface area contributed by atoms with Crippen molar-refractivity contribution < 1.29 is 4.79 Å². The minimum atomic E-state index is -0.165. The molecular formula is C14H24N2OS. The van der Waals surface area contributed by atoms with Crippen molar-refractivity contribution in [1.29, 1.82) is 0 Å². The van der Waals surface area contributed by atoms with Gasteiger partial charge in [-0.3, -0.25) is 10.1 Å². The zero-order valence-electron chi connectivity index (χ0n) is 11.7. The number of amides is 1. The Morgan fingerprint density at radius 3 is 2.67 bits per heavy atom. The molecule has 0 saturated carbocycles. The highest BCUT2D eigenvalue weighted by molar-refractivity contribution is 7.10. The van der Waals surface area contributed by atoms with Gasteiger partial charge in [-0.1, -0.05) is 19.4 Å². The summed E-state index contributed by atoms with van der Waals surface area (Å²) in [6, 6.07) is 4.43. The van der Waals surface area contributed by atoms with Crippen molar-refractivity contribution in [2.45, 2.75) is 58.7 Å². The summed E-state index contributed by atoms with van der Waals surface area (Å²) in [6.45, 7) is 8.18. The fourth-order valence-corrected chi connectivity index (χ4v) is 2.69. The predicted molar refractivity (Wildman–Crippen MR) is 77.8 cm³/mol. The maximum atomic E-state index is 12.0. The molecule has 1 amide bonds. The van der Waals surface area contributed by atoms with Gasteiger partial charge in [0, 0.05) is 17.0 Å². The third-order valence-electron chi connectivity index (χ3n) is 2.97. The number of rotatable bonds is 7. The van der Waals surface area contributed by atoms with Gasteiger partial charge in [0.05, 0.1) is 6.04 Å². The summed E-state index contributed by atoms with van der Waals surface area (Å²) in [6.07, 6.45) is 2.12.